The fourth-order valence-electron chi connectivity index (χ4n) is 2.01. The number of thioether (sulfide) groups is 1. The van der Waals surface area contributed by atoms with E-state index in [1.54, 1.807) is 18.9 Å². The number of hydrogen-bond acceptors (Lipinski definition) is 4. The number of nitrogens with one attached hydrogen (secondary N) is 1. The van der Waals surface area contributed by atoms with Crippen LogP contribution in [-0.2, 0) is 10.5 Å². The number of methoxy groups -OCH3 is 1. The van der Waals surface area contributed by atoms with Crippen molar-refractivity contribution in [3.05, 3.63) is 54.1 Å². The second-order valence-corrected chi connectivity index (χ2v) is 5.84. The topological polar surface area (TPSA) is 47.6 Å². The zero-order valence-corrected chi connectivity index (χ0v) is 14.2. The SMILES string of the molecule is CCOc1cccc(NC(=O)CSCc2ccc(OC)cc2)c1. The van der Waals surface area contributed by atoms with Gasteiger partial charge in [0.05, 0.1) is 19.5 Å². The van der Waals surface area contributed by atoms with Crippen LogP contribution < -0.4 is 14.8 Å². The van der Waals surface area contributed by atoms with Gasteiger partial charge in [0.15, 0.2) is 0 Å². The standard InChI is InChI=1S/C18H21NO3S/c1-3-22-17-6-4-5-15(11-17)19-18(20)13-23-12-14-7-9-16(21-2)10-8-14/h4-11H,3,12-13H2,1-2H3,(H,19,20). The molecule has 5 heteroatoms. The van der Waals surface area contributed by atoms with Gasteiger partial charge in [-0.3, -0.25) is 4.79 Å². The van der Waals surface area contributed by atoms with Crippen molar-refractivity contribution in [1.29, 1.82) is 0 Å². The maximum absolute atomic E-state index is 12.0. The Kier molecular flexibility index (Phi) is 6.81. The summed E-state index contributed by atoms with van der Waals surface area (Å²) in [7, 11) is 1.65. The number of ether oxygens (including phenoxy) is 2. The number of carbonyl (C=O) groups excluding carboxylic acids is 1. The molecule has 2 rings (SSSR count). The first-order chi connectivity index (χ1) is 11.2. The molecule has 2 aromatic carbocycles. The molecule has 0 radical (unpaired) electrons. The Balaban J connectivity index is 1.77. The molecule has 0 saturated carbocycles. The molecular weight excluding hydrogens is 310 g/mol. The molecule has 0 aromatic heterocycles. The van der Waals surface area contributed by atoms with E-state index in [1.165, 1.54) is 5.56 Å². The van der Waals surface area contributed by atoms with Crippen molar-refractivity contribution in [3.8, 4) is 11.5 Å². The molecule has 1 N–H and O–H groups in total. The van der Waals surface area contributed by atoms with E-state index in [1.807, 2.05) is 55.5 Å². The average Bonchev–Trinajstić information content (AvgIpc) is 2.56. The molecule has 0 saturated heterocycles. The first kappa shape index (κ1) is 17.2. The van der Waals surface area contributed by atoms with Gasteiger partial charge in [-0.05, 0) is 36.8 Å². The minimum atomic E-state index is -0.0165. The van der Waals surface area contributed by atoms with E-state index in [2.05, 4.69) is 5.32 Å². The summed E-state index contributed by atoms with van der Waals surface area (Å²) in [5, 5.41) is 2.89. The lowest BCUT2D eigenvalue weighted by Gasteiger charge is -2.08. The predicted molar refractivity (Wildman–Crippen MR) is 95.4 cm³/mol. The summed E-state index contributed by atoms with van der Waals surface area (Å²) in [6, 6.07) is 15.3. The number of rotatable bonds is 8. The molecule has 0 aliphatic carbocycles. The second-order valence-electron chi connectivity index (χ2n) is 4.85. The lowest BCUT2D eigenvalue weighted by atomic mass is 10.2. The second kappa shape index (κ2) is 9.10. The van der Waals surface area contributed by atoms with Crippen LogP contribution in [0.5, 0.6) is 11.5 Å². The third kappa shape index (κ3) is 5.87. The molecule has 0 spiro atoms. The van der Waals surface area contributed by atoms with E-state index in [4.69, 9.17) is 9.47 Å². The number of carbonyl (C=O) groups is 1. The van der Waals surface area contributed by atoms with Gasteiger partial charge in [0.1, 0.15) is 11.5 Å². The van der Waals surface area contributed by atoms with Crippen LogP contribution in [0, 0.1) is 0 Å². The van der Waals surface area contributed by atoms with Crippen molar-refractivity contribution in [3.63, 3.8) is 0 Å². The minimum absolute atomic E-state index is 0.0165. The molecule has 0 fully saturated rings. The van der Waals surface area contributed by atoms with Crippen LogP contribution in [0.4, 0.5) is 5.69 Å². The Morgan fingerprint density at radius 2 is 1.91 bits per heavy atom. The highest BCUT2D eigenvalue weighted by Gasteiger charge is 2.04. The maximum atomic E-state index is 12.0. The van der Waals surface area contributed by atoms with Crippen LogP contribution in [0.3, 0.4) is 0 Å². The van der Waals surface area contributed by atoms with E-state index in [0.717, 1.165) is 22.9 Å². The van der Waals surface area contributed by atoms with Gasteiger partial charge in [-0.15, -0.1) is 11.8 Å². The molecule has 0 bridgehead atoms. The first-order valence-electron chi connectivity index (χ1n) is 7.44. The zero-order valence-electron chi connectivity index (χ0n) is 13.4. The highest BCUT2D eigenvalue weighted by Crippen LogP contribution is 2.19. The summed E-state index contributed by atoms with van der Waals surface area (Å²) in [4.78, 5) is 12.0. The van der Waals surface area contributed by atoms with E-state index in [-0.39, 0.29) is 5.91 Å². The molecule has 0 unspecified atom stereocenters. The first-order valence-corrected chi connectivity index (χ1v) is 8.60. The normalized spacial score (nSPS) is 10.2. The third-order valence-electron chi connectivity index (χ3n) is 3.09. The number of hydrogen-bond donors (Lipinski definition) is 1. The highest BCUT2D eigenvalue weighted by molar-refractivity contribution is 7.99. The van der Waals surface area contributed by atoms with Crippen molar-refractivity contribution in [2.75, 3.05) is 24.8 Å². The number of benzene rings is 2. The van der Waals surface area contributed by atoms with Gasteiger partial charge in [0.2, 0.25) is 5.91 Å². The fraction of sp³-hybridized carbons (Fsp3) is 0.278. The summed E-state index contributed by atoms with van der Waals surface area (Å²) in [5.41, 5.74) is 1.92. The van der Waals surface area contributed by atoms with Gasteiger partial charge in [-0.2, -0.15) is 0 Å². The molecule has 0 atom stereocenters. The van der Waals surface area contributed by atoms with Gasteiger partial charge in [0.25, 0.3) is 0 Å². The Hall–Kier alpha value is -2.14. The Labute approximate surface area is 141 Å². The molecule has 0 aliphatic heterocycles. The van der Waals surface area contributed by atoms with Crippen LogP contribution in [0.2, 0.25) is 0 Å². The molecular formula is C18H21NO3S. The monoisotopic (exact) mass is 331 g/mol. The Morgan fingerprint density at radius 3 is 2.61 bits per heavy atom. The molecule has 0 heterocycles. The van der Waals surface area contributed by atoms with E-state index in [9.17, 15) is 4.79 Å². The van der Waals surface area contributed by atoms with Crippen LogP contribution >= 0.6 is 11.8 Å². The van der Waals surface area contributed by atoms with Crippen LogP contribution in [0.25, 0.3) is 0 Å². The zero-order chi connectivity index (χ0) is 16.5. The average molecular weight is 331 g/mol. The summed E-state index contributed by atoms with van der Waals surface area (Å²) < 4.78 is 10.5. The summed E-state index contributed by atoms with van der Waals surface area (Å²) in [5.74, 6) is 2.78. The van der Waals surface area contributed by atoms with Crippen LogP contribution in [-0.4, -0.2) is 25.4 Å². The minimum Gasteiger partial charge on any atom is -0.497 e. The van der Waals surface area contributed by atoms with Crippen molar-refractivity contribution in [2.45, 2.75) is 12.7 Å². The van der Waals surface area contributed by atoms with Gasteiger partial charge >= 0.3 is 0 Å². The van der Waals surface area contributed by atoms with E-state index in [0.29, 0.717) is 12.4 Å². The van der Waals surface area contributed by atoms with Gasteiger partial charge in [-0.25, -0.2) is 0 Å². The van der Waals surface area contributed by atoms with Crippen molar-refractivity contribution in [2.24, 2.45) is 0 Å². The lowest BCUT2D eigenvalue weighted by Crippen LogP contribution is -2.14. The van der Waals surface area contributed by atoms with E-state index < -0.39 is 0 Å². The number of amides is 1. The largest absolute Gasteiger partial charge is 0.497 e. The molecule has 23 heavy (non-hydrogen) atoms. The smallest absolute Gasteiger partial charge is 0.234 e. The van der Waals surface area contributed by atoms with Crippen molar-refractivity contribution >= 4 is 23.4 Å². The predicted octanol–water partition coefficient (Wildman–Crippen LogP) is 3.97. The maximum Gasteiger partial charge on any atom is 0.234 e. The van der Waals surface area contributed by atoms with Gasteiger partial charge in [0, 0.05) is 17.5 Å². The fourth-order valence-corrected chi connectivity index (χ4v) is 2.80. The highest BCUT2D eigenvalue weighted by atomic mass is 32.2. The van der Waals surface area contributed by atoms with Crippen molar-refractivity contribution in [1.82, 2.24) is 0 Å². The quantitative estimate of drug-likeness (QED) is 0.795. The summed E-state index contributed by atoms with van der Waals surface area (Å²) >= 11 is 1.58. The van der Waals surface area contributed by atoms with Crippen molar-refractivity contribution < 1.29 is 14.3 Å². The van der Waals surface area contributed by atoms with Crippen LogP contribution in [0.1, 0.15) is 12.5 Å². The Bertz CT molecular complexity index is 628. The molecule has 1 amide bonds. The van der Waals surface area contributed by atoms with Crippen LogP contribution in [0.15, 0.2) is 48.5 Å². The summed E-state index contributed by atoms with van der Waals surface area (Å²) in [6.45, 7) is 2.54. The van der Waals surface area contributed by atoms with Gasteiger partial charge in [-0.1, -0.05) is 18.2 Å². The third-order valence-corrected chi connectivity index (χ3v) is 4.09. The molecule has 4 nitrogen and oxygen atoms in total. The van der Waals surface area contributed by atoms with E-state index >= 15 is 0 Å². The van der Waals surface area contributed by atoms with Gasteiger partial charge < -0.3 is 14.8 Å². The lowest BCUT2D eigenvalue weighted by molar-refractivity contribution is -0.113. The Morgan fingerprint density at radius 1 is 1.13 bits per heavy atom. The molecule has 122 valence electrons. The number of anilines is 1. The summed E-state index contributed by atoms with van der Waals surface area (Å²) in [6.07, 6.45) is 0. The molecule has 0 aliphatic rings. The molecule has 2 aromatic rings.